The van der Waals surface area contributed by atoms with Gasteiger partial charge in [0.2, 0.25) is 5.91 Å². The molecule has 1 amide bonds. The molecule has 0 aliphatic carbocycles. The Morgan fingerprint density at radius 1 is 1.12 bits per heavy atom. The van der Waals surface area contributed by atoms with E-state index in [9.17, 15) is 18.4 Å². The predicted molar refractivity (Wildman–Crippen MR) is 84.3 cm³/mol. The number of hydrogen-bond acceptors (Lipinski definition) is 4. The van der Waals surface area contributed by atoms with E-state index >= 15 is 0 Å². The lowest BCUT2D eigenvalue weighted by Crippen LogP contribution is -2.21. The van der Waals surface area contributed by atoms with Gasteiger partial charge in [-0.2, -0.15) is 0 Å². The van der Waals surface area contributed by atoms with Crippen molar-refractivity contribution in [1.29, 1.82) is 0 Å². The molecule has 3 N–H and O–H groups in total. The monoisotopic (exact) mass is 334 g/mol. The van der Waals surface area contributed by atoms with E-state index in [4.69, 9.17) is 10.5 Å². The van der Waals surface area contributed by atoms with Crippen molar-refractivity contribution in [2.24, 2.45) is 5.73 Å². The maximum Gasteiger partial charge on any atom is 0.338 e. The van der Waals surface area contributed by atoms with Crippen molar-refractivity contribution in [2.45, 2.75) is 13.0 Å². The van der Waals surface area contributed by atoms with Gasteiger partial charge in [-0.15, -0.1) is 0 Å². The second-order valence-electron chi connectivity index (χ2n) is 5.08. The predicted octanol–water partition coefficient (Wildman–Crippen LogP) is 2.78. The molecule has 0 aliphatic heterocycles. The first-order chi connectivity index (χ1) is 11.4. The van der Waals surface area contributed by atoms with Gasteiger partial charge in [0.1, 0.15) is 17.7 Å². The molecule has 2 rings (SSSR count). The molecule has 0 spiro atoms. The number of nitrogens with one attached hydrogen (secondary N) is 1. The van der Waals surface area contributed by atoms with Crippen LogP contribution in [-0.2, 0) is 9.53 Å². The number of benzene rings is 2. The molecule has 7 heteroatoms. The Morgan fingerprint density at radius 2 is 1.71 bits per heavy atom. The van der Waals surface area contributed by atoms with Crippen molar-refractivity contribution in [3.63, 3.8) is 0 Å². The molecule has 0 bridgehead atoms. The minimum absolute atomic E-state index is 0.0343. The normalized spacial score (nSPS) is 11.6. The number of carbonyl (C=O) groups excluding carboxylic acids is 2. The molecular formula is C17H16F2N2O3. The molecule has 0 aliphatic rings. The number of halogens is 2. The number of amides is 1. The van der Waals surface area contributed by atoms with Gasteiger partial charge < -0.3 is 15.8 Å². The average Bonchev–Trinajstić information content (AvgIpc) is 2.53. The summed E-state index contributed by atoms with van der Waals surface area (Å²) in [6, 6.07) is 9.50. The van der Waals surface area contributed by atoms with Crippen molar-refractivity contribution < 1.29 is 23.1 Å². The molecule has 0 aromatic heterocycles. The molecule has 0 saturated carbocycles. The average molecular weight is 334 g/mol. The van der Waals surface area contributed by atoms with Crippen LogP contribution < -0.4 is 11.1 Å². The van der Waals surface area contributed by atoms with E-state index < -0.39 is 29.6 Å². The van der Waals surface area contributed by atoms with Crippen LogP contribution in [0, 0.1) is 11.6 Å². The molecule has 24 heavy (non-hydrogen) atoms. The van der Waals surface area contributed by atoms with Gasteiger partial charge in [-0.05, 0) is 43.3 Å². The molecular weight excluding hydrogens is 318 g/mol. The Balaban J connectivity index is 2.05. The maximum absolute atomic E-state index is 13.7. The SMILES string of the molecule is CC(OC(=O)c1ccc(NCC(N)=O)cc1)c1c(F)cccc1F. The summed E-state index contributed by atoms with van der Waals surface area (Å²) in [7, 11) is 0. The highest BCUT2D eigenvalue weighted by atomic mass is 19.1. The number of anilines is 1. The summed E-state index contributed by atoms with van der Waals surface area (Å²) in [5, 5.41) is 2.77. The van der Waals surface area contributed by atoms with Gasteiger partial charge in [0.05, 0.1) is 17.7 Å². The Kier molecular flexibility index (Phi) is 5.47. The van der Waals surface area contributed by atoms with Crippen molar-refractivity contribution in [3.8, 4) is 0 Å². The van der Waals surface area contributed by atoms with Crippen molar-refractivity contribution in [2.75, 3.05) is 11.9 Å². The second-order valence-corrected chi connectivity index (χ2v) is 5.08. The van der Waals surface area contributed by atoms with E-state index in [1.54, 1.807) is 12.1 Å². The lowest BCUT2D eigenvalue weighted by atomic mass is 10.1. The number of rotatable bonds is 6. The lowest BCUT2D eigenvalue weighted by Gasteiger charge is -2.15. The van der Waals surface area contributed by atoms with Crippen LogP contribution in [0.2, 0.25) is 0 Å². The number of carbonyl (C=O) groups is 2. The van der Waals surface area contributed by atoms with Crippen LogP contribution in [0.15, 0.2) is 42.5 Å². The Labute approximate surface area is 137 Å². The summed E-state index contributed by atoms with van der Waals surface area (Å²) >= 11 is 0. The van der Waals surface area contributed by atoms with Crippen LogP contribution >= 0.6 is 0 Å². The first-order valence-corrected chi connectivity index (χ1v) is 7.15. The van der Waals surface area contributed by atoms with Gasteiger partial charge in [0, 0.05) is 5.69 Å². The molecule has 2 aromatic rings. The third-order valence-electron chi connectivity index (χ3n) is 3.28. The molecule has 0 heterocycles. The quantitative estimate of drug-likeness (QED) is 0.796. The first kappa shape index (κ1) is 17.4. The maximum atomic E-state index is 13.7. The second kappa shape index (κ2) is 7.54. The summed E-state index contributed by atoms with van der Waals surface area (Å²) in [6.07, 6.45) is -1.08. The Morgan fingerprint density at radius 3 is 2.25 bits per heavy atom. The summed E-state index contributed by atoms with van der Waals surface area (Å²) in [6.45, 7) is 1.36. The standard InChI is InChI=1S/C17H16F2N2O3/c1-10(16-13(18)3-2-4-14(16)19)24-17(23)11-5-7-12(8-6-11)21-9-15(20)22/h2-8,10,21H,9H2,1H3,(H2,20,22). The third-order valence-corrected chi connectivity index (χ3v) is 3.28. The summed E-state index contributed by atoms with van der Waals surface area (Å²) in [4.78, 5) is 22.7. The Hall–Kier alpha value is -2.96. The lowest BCUT2D eigenvalue weighted by molar-refractivity contribution is -0.116. The molecule has 1 atom stereocenters. The van der Waals surface area contributed by atoms with Gasteiger partial charge in [-0.3, -0.25) is 4.79 Å². The largest absolute Gasteiger partial charge is 0.454 e. The summed E-state index contributed by atoms with van der Waals surface area (Å²) in [5.74, 6) is -2.78. The van der Waals surface area contributed by atoms with Crippen molar-refractivity contribution >= 4 is 17.6 Å². The van der Waals surface area contributed by atoms with Crippen LogP contribution in [0.1, 0.15) is 28.9 Å². The van der Waals surface area contributed by atoms with E-state index in [0.29, 0.717) is 5.69 Å². The molecule has 0 radical (unpaired) electrons. The fourth-order valence-electron chi connectivity index (χ4n) is 2.10. The zero-order valence-corrected chi connectivity index (χ0v) is 12.9. The fraction of sp³-hybridized carbons (Fsp3) is 0.176. The molecule has 2 aromatic carbocycles. The highest BCUT2D eigenvalue weighted by Crippen LogP contribution is 2.24. The third kappa shape index (κ3) is 4.28. The van der Waals surface area contributed by atoms with E-state index in [0.717, 1.165) is 12.1 Å². The number of ether oxygens (including phenoxy) is 1. The highest BCUT2D eigenvalue weighted by molar-refractivity contribution is 5.90. The number of nitrogens with two attached hydrogens (primary N) is 1. The van der Waals surface area contributed by atoms with Crippen LogP contribution in [0.3, 0.4) is 0 Å². The van der Waals surface area contributed by atoms with Gasteiger partial charge >= 0.3 is 5.97 Å². The molecule has 1 unspecified atom stereocenters. The van der Waals surface area contributed by atoms with E-state index in [1.807, 2.05) is 0 Å². The topological polar surface area (TPSA) is 81.4 Å². The van der Waals surface area contributed by atoms with Crippen LogP contribution in [0.5, 0.6) is 0 Å². The number of esters is 1. The minimum atomic E-state index is -1.08. The van der Waals surface area contributed by atoms with Crippen LogP contribution in [-0.4, -0.2) is 18.4 Å². The number of hydrogen-bond donors (Lipinski definition) is 2. The van der Waals surface area contributed by atoms with E-state index in [1.165, 1.54) is 25.1 Å². The zero-order chi connectivity index (χ0) is 17.7. The van der Waals surface area contributed by atoms with Crippen LogP contribution in [0.25, 0.3) is 0 Å². The van der Waals surface area contributed by atoms with E-state index in [-0.39, 0.29) is 17.7 Å². The Bertz CT molecular complexity index is 728. The molecule has 126 valence electrons. The summed E-state index contributed by atoms with van der Waals surface area (Å²) < 4.78 is 32.5. The zero-order valence-electron chi connectivity index (χ0n) is 12.9. The van der Waals surface area contributed by atoms with Crippen molar-refractivity contribution in [1.82, 2.24) is 0 Å². The smallest absolute Gasteiger partial charge is 0.338 e. The summed E-state index contributed by atoms with van der Waals surface area (Å²) in [5.41, 5.74) is 5.52. The van der Waals surface area contributed by atoms with E-state index in [2.05, 4.69) is 5.32 Å². The van der Waals surface area contributed by atoms with Gasteiger partial charge in [0.25, 0.3) is 0 Å². The van der Waals surface area contributed by atoms with Gasteiger partial charge in [0.15, 0.2) is 0 Å². The number of primary amides is 1. The molecule has 5 nitrogen and oxygen atoms in total. The highest BCUT2D eigenvalue weighted by Gasteiger charge is 2.20. The van der Waals surface area contributed by atoms with Gasteiger partial charge in [-0.1, -0.05) is 6.07 Å². The van der Waals surface area contributed by atoms with Gasteiger partial charge in [-0.25, -0.2) is 13.6 Å². The molecule has 0 saturated heterocycles. The minimum Gasteiger partial charge on any atom is -0.454 e. The van der Waals surface area contributed by atoms with Crippen LogP contribution in [0.4, 0.5) is 14.5 Å². The molecule has 0 fully saturated rings. The fourth-order valence-corrected chi connectivity index (χ4v) is 2.10. The first-order valence-electron chi connectivity index (χ1n) is 7.15. The van der Waals surface area contributed by atoms with Crippen molar-refractivity contribution in [3.05, 3.63) is 65.2 Å².